The average Bonchev–Trinajstić information content (AvgIpc) is 2.68. The maximum Gasteiger partial charge on any atom is 0.338 e. The second-order valence-corrected chi connectivity index (χ2v) is 8.22. The van der Waals surface area contributed by atoms with E-state index in [4.69, 9.17) is 4.74 Å². The molecule has 0 aromatic heterocycles. The molecule has 0 spiro atoms. The molecule has 158 valence electrons. The smallest absolute Gasteiger partial charge is 0.338 e. The molecule has 2 aromatic rings. The number of benzene rings is 2. The molecule has 1 aliphatic heterocycles. The summed E-state index contributed by atoms with van der Waals surface area (Å²) in [7, 11) is 0. The lowest BCUT2D eigenvalue weighted by Crippen LogP contribution is -2.45. The van der Waals surface area contributed by atoms with Gasteiger partial charge in [0, 0.05) is 16.3 Å². The van der Waals surface area contributed by atoms with Crippen LogP contribution in [0.15, 0.2) is 52.6 Å². The van der Waals surface area contributed by atoms with Gasteiger partial charge in [0.25, 0.3) is 0 Å². The van der Waals surface area contributed by atoms with E-state index in [2.05, 4.69) is 16.7 Å². The Bertz CT molecular complexity index is 1000. The van der Waals surface area contributed by atoms with Crippen molar-refractivity contribution in [3.8, 4) is 0 Å². The summed E-state index contributed by atoms with van der Waals surface area (Å²) in [6.07, 6.45) is 0. The summed E-state index contributed by atoms with van der Waals surface area (Å²) in [5.41, 5.74) is 4.92. The lowest BCUT2D eigenvalue weighted by molar-refractivity contribution is -0.139. The molecular formula is C23H25FN2O3S. The van der Waals surface area contributed by atoms with Crippen LogP contribution in [0.25, 0.3) is 0 Å². The van der Waals surface area contributed by atoms with E-state index in [9.17, 15) is 14.0 Å². The van der Waals surface area contributed by atoms with Gasteiger partial charge >= 0.3 is 12.0 Å². The summed E-state index contributed by atoms with van der Waals surface area (Å²) in [6, 6.07) is 9.54. The monoisotopic (exact) mass is 428 g/mol. The quantitative estimate of drug-likeness (QED) is 0.506. The number of urea groups is 1. The third kappa shape index (κ3) is 4.84. The fraction of sp³-hybridized carbons (Fsp3) is 0.304. The number of allylic oxidation sites excluding steroid dienone is 1. The molecule has 30 heavy (non-hydrogen) atoms. The van der Waals surface area contributed by atoms with Crippen LogP contribution in [0.4, 0.5) is 9.18 Å². The van der Waals surface area contributed by atoms with E-state index in [1.807, 2.05) is 19.9 Å². The highest BCUT2D eigenvalue weighted by Gasteiger charge is 2.33. The lowest BCUT2D eigenvalue weighted by Gasteiger charge is -2.29. The van der Waals surface area contributed by atoms with Crippen LogP contribution in [0.2, 0.25) is 0 Å². The van der Waals surface area contributed by atoms with Crippen LogP contribution in [0.3, 0.4) is 0 Å². The van der Waals surface area contributed by atoms with Crippen molar-refractivity contribution in [1.29, 1.82) is 0 Å². The van der Waals surface area contributed by atoms with Crippen LogP contribution in [0.5, 0.6) is 0 Å². The molecule has 2 aromatic carbocycles. The Morgan fingerprint density at radius 3 is 2.50 bits per heavy atom. The van der Waals surface area contributed by atoms with E-state index in [0.717, 1.165) is 27.1 Å². The number of thioether (sulfide) groups is 1. The molecule has 1 atom stereocenters. The van der Waals surface area contributed by atoms with Crippen LogP contribution >= 0.6 is 11.8 Å². The molecule has 0 fully saturated rings. The van der Waals surface area contributed by atoms with Gasteiger partial charge in [-0.1, -0.05) is 12.1 Å². The fourth-order valence-corrected chi connectivity index (χ4v) is 4.44. The molecule has 0 aliphatic carbocycles. The molecule has 2 amide bonds. The Labute approximate surface area is 180 Å². The van der Waals surface area contributed by atoms with Gasteiger partial charge in [-0.25, -0.2) is 14.0 Å². The van der Waals surface area contributed by atoms with Gasteiger partial charge in [-0.2, -0.15) is 0 Å². The summed E-state index contributed by atoms with van der Waals surface area (Å²) >= 11 is 1.60. The predicted molar refractivity (Wildman–Crippen MR) is 116 cm³/mol. The Hall–Kier alpha value is -2.80. The molecule has 7 heteroatoms. The minimum atomic E-state index is -0.590. The predicted octanol–water partition coefficient (Wildman–Crippen LogP) is 4.93. The average molecular weight is 429 g/mol. The number of amides is 2. The summed E-state index contributed by atoms with van der Waals surface area (Å²) in [5, 5.41) is 5.52. The number of halogens is 1. The van der Waals surface area contributed by atoms with Crippen LogP contribution in [-0.4, -0.2) is 18.6 Å². The number of rotatable bonds is 6. The van der Waals surface area contributed by atoms with Crippen LogP contribution in [-0.2, 0) is 15.3 Å². The lowest BCUT2D eigenvalue weighted by atomic mass is 9.90. The molecule has 1 aliphatic rings. The Morgan fingerprint density at radius 1 is 1.13 bits per heavy atom. The standard InChI is InChI=1S/C23H25FN2O3S/c1-5-29-22(27)20-15(4)25-23(28)26-21(20)19-11-16(13(2)10-14(19)3)12-30-18-8-6-17(24)7-9-18/h6-11,21H,5,12H2,1-4H3,(H2,25,26,28). The van der Waals surface area contributed by atoms with Crippen molar-refractivity contribution in [1.82, 2.24) is 10.6 Å². The topological polar surface area (TPSA) is 67.4 Å². The maximum absolute atomic E-state index is 13.1. The van der Waals surface area contributed by atoms with Gasteiger partial charge in [-0.3, -0.25) is 0 Å². The third-order valence-corrected chi connectivity index (χ3v) is 6.07. The molecule has 0 radical (unpaired) electrons. The van der Waals surface area contributed by atoms with E-state index < -0.39 is 12.0 Å². The van der Waals surface area contributed by atoms with Gasteiger partial charge in [-0.05, 0) is 74.2 Å². The first-order valence-electron chi connectivity index (χ1n) is 9.74. The minimum absolute atomic E-state index is 0.253. The summed E-state index contributed by atoms with van der Waals surface area (Å²) in [4.78, 5) is 25.7. The molecule has 5 nitrogen and oxygen atoms in total. The van der Waals surface area contributed by atoms with Crippen molar-refractivity contribution in [3.05, 3.63) is 75.7 Å². The molecule has 2 N–H and O–H groups in total. The van der Waals surface area contributed by atoms with Crippen molar-refractivity contribution in [2.45, 2.75) is 44.4 Å². The highest BCUT2D eigenvalue weighted by atomic mass is 32.2. The van der Waals surface area contributed by atoms with Crippen molar-refractivity contribution < 1.29 is 18.7 Å². The number of hydrogen-bond donors (Lipinski definition) is 2. The number of ether oxygens (including phenoxy) is 1. The van der Waals surface area contributed by atoms with Gasteiger partial charge in [-0.15, -0.1) is 11.8 Å². The Balaban J connectivity index is 1.94. The number of esters is 1. The number of aryl methyl sites for hydroxylation is 2. The summed E-state index contributed by atoms with van der Waals surface area (Å²) in [5.74, 6) is -0.0284. The first-order valence-corrected chi connectivity index (χ1v) is 10.7. The molecule has 3 rings (SSSR count). The summed E-state index contributed by atoms with van der Waals surface area (Å²) in [6.45, 7) is 7.70. The molecule has 1 unspecified atom stereocenters. The first-order chi connectivity index (χ1) is 14.3. The van der Waals surface area contributed by atoms with Crippen LogP contribution in [0, 0.1) is 19.7 Å². The van der Waals surface area contributed by atoms with Crippen LogP contribution in [0.1, 0.15) is 42.1 Å². The zero-order valence-corrected chi connectivity index (χ0v) is 18.3. The SMILES string of the molecule is CCOC(=O)C1=C(C)NC(=O)NC1c1cc(CSc2ccc(F)cc2)c(C)cc1C. The van der Waals surface area contributed by atoms with Gasteiger partial charge < -0.3 is 15.4 Å². The number of hydrogen-bond acceptors (Lipinski definition) is 4. The van der Waals surface area contributed by atoms with E-state index >= 15 is 0 Å². The minimum Gasteiger partial charge on any atom is -0.463 e. The third-order valence-electron chi connectivity index (χ3n) is 5.01. The number of carbonyl (C=O) groups is 2. The zero-order valence-electron chi connectivity index (χ0n) is 17.5. The molecule has 1 heterocycles. The largest absolute Gasteiger partial charge is 0.463 e. The van der Waals surface area contributed by atoms with E-state index in [-0.39, 0.29) is 18.5 Å². The van der Waals surface area contributed by atoms with Gasteiger partial charge in [0.05, 0.1) is 18.2 Å². The fourth-order valence-electron chi connectivity index (χ4n) is 3.48. The number of carbonyl (C=O) groups excluding carboxylic acids is 2. The van der Waals surface area contributed by atoms with Gasteiger partial charge in [0.1, 0.15) is 5.82 Å². The zero-order chi connectivity index (χ0) is 21.8. The molecule has 0 saturated carbocycles. The van der Waals surface area contributed by atoms with Gasteiger partial charge in [0.15, 0.2) is 0 Å². The van der Waals surface area contributed by atoms with Crippen molar-refractivity contribution >= 4 is 23.8 Å². The van der Waals surface area contributed by atoms with Crippen LogP contribution < -0.4 is 10.6 Å². The second-order valence-electron chi connectivity index (χ2n) is 7.17. The Morgan fingerprint density at radius 2 is 1.83 bits per heavy atom. The van der Waals surface area contributed by atoms with Crippen molar-refractivity contribution in [2.75, 3.05) is 6.61 Å². The van der Waals surface area contributed by atoms with Gasteiger partial charge in [0.2, 0.25) is 0 Å². The molecule has 0 bridgehead atoms. The summed E-state index contributed by atoms with van der Waals surface area (Å²) < 4.78 is 18.4. The highest BCUT2D eigenvalue weighted by Crippen LogP contribution is 2.33. The van der Waals surface area contributed by atoms with Crippen molar-refractivity contribution in [3.63, 3.8) is 0 Å². The van der Waals surface area contributed by atoms with E-state index in [1.54, 1.807) is 37.7 Å². The van der Waals surface area contributed by atoms with E-state index in [1.165, 1.54) is 12.1 Å². The molecular weight excluding hydrogens is 403 g/mol. The maximum atomic E-state index is 13.1. The molecule has 0 saturated heterocycles. The Kier molecular flexibility index (Phi) is 6.82. The van der Waals surface area contributed by atoms with Crippen molar-refractivity contribution in [2.24, 2.45) is 0 Å². The normalized spacial score (nSPS) is 16.2. The first kappa shape index (κ1) is 21.9. The van der Waals surface area contributed by atoms with E-state index in [0.29, 0.717) is 17.0 Å². The number of nitrogens with one attached hydrogen (secondary N) is 2. The highest BCUT2D eigenvalue weighted by molar-refractivity contribution is 7.98. The second kappa shape index (κ2) is 9.34.